The second kappa shape index (κ2) is 5.95. The zero-order chi connectivity index (χ0) is 14.8. The summed E-state index contributed by atoms with van der Waals surface area (Å²) in [6, 6.07) is 5.49. The van der Waals surface area contributed by atoms with Crippen LogP contribution in [0.15, 0.2) is 22.7 Å². The largest absolute Gasteiger partial charge is 0.481 e. The third-order valence-corrected chi connectivity index (χ3v) is 4.19. The van der Waals surface area contributed by atoms with E-state index in [1.54, 1.807) is 6.07 Å². The van der Waals surface area contributed by atoms with E-state index in [9.17, 15) is 9.59 Å². The molecule has 0 spiro atoms. The molecule has 108 valence electrons. The third-order valence-electron chi connectivity index (χ3n) is 3.73. The van der Waals surface area contributed by atoms with Gasteiger partial charge in [-0.2, -0.15) is 0 Å². The molecule has 1 aromatic rings. The SMILES string of the molecule is Cc1cc(Br)cc(C(=O)NC2(CC(=O)O)CCCC2)c1. The second-order valence-corrected chi connectivity index (χ2v) is 6.45. The van der Waals surface area contributed by atoms with E-state index < -0.39 is 11.5 Å². The van der Waals surface area contributed by atoms with Gasteiger partial charge in [0, 0.05) is 10.0 Å². The van der Waals surface area contributed by atoms with Gasteiger partial charge in [-0.3, -0.25) is 9.59 Å². The van der Waals surface area contributed by atoms with E-state index in [-0.39, 0.29) is 12.3 Å². The van der Waals surface area contributed by atoms with Crippen molar-refractivity contribution in [3.05, 3.63) is 33.8 Å². The Hall–Kier alpha value is -1.36. The Labute approximate surface area is 126 Å². The Balaban J connectivity index is 2.18. The van der Waals surface area contributed by atoms with Gasteiger partial charge in [0.15, 0.2) is 0 Å². The van der Waals surface area contributed by atoms with Crippen LogP contribution in [-0.2, 0) is 4.79 Å². The molecule has 0 saturated heterocycles. The Kier molecular flexibility index (Phi) is 4.48. The number of rotatable bonds is 4. The van der Waals surface area contributed by atoms with Crippen LogP contribution in [0.5, 0.6) is 0 Å². The second-order valence-electron chi connectivity index (χ2n) is 5.53. The Bertz CT molecular complexity index is 516. The van der Waals surface area contributed by atoms with E-state index in [1.807, 2.05) is 19.1 Å². The number of carbonyl (C=O) groups excluding carboxylic acids is 1. The maximum absolute atomic E-state index is 12.4. The van der Waals surface area contributed by atoms with Crippen LogP contribution in [0.2, 0.25) is 0 Å². The van der Waals surface area contributed by atoms with E-state index in [2.05, 4.69) is 21.2 Å². The number of nitrogens with one attached hydrogen (secondary N) is 1. The maximum atomic E-state index is 12.4. The van der Waals surface area contributed by atoms with Crippen molar-refractivity contribution in [2.24, 2.45) is 0 Å². The topological polar surface area (TPSA) is 66.4 Å². The molecule has 1 amide bonds. The van der Waals surface area contributed by atoms with Crippen molar-refractivity contribution >= 4 is 27.8 Å². The molecular formula is C15H18BrNO3. The van der Waals surface area contributed by atoms with Crippen LogP contribution in [0.25, 0.3) is 0 Å². The predicted molar refractivity (Wildman–Crippen MR) is 79.8 cm³/mol. The summed E-state index contributed by atoms with van der Waals surface area (Å²) in [7, 11) is 0. The van der Waals surface area contributed by atoms with Gasteiger partial charge in [-0.25, -0.2) is 0 Å². The van der Waals surface area contributed by atoms with Crippen LogP contribution in [0.1, 0.15) is 48.0 Å². The molecule has 1 saturated carbocycles. The Morgan fingerprint density at radius 2 is 1.95 bits per heavy atom. The Morgan fingerprint density at radius 1 is 1.30 bits per heavy atom. The first-order valence-corrected chi connectivity index (χ1v) is 7.51. The smallest absolute Gasteiger partial charge is 0.305 e. The molecule has 2 N–H and O–H groups in total. The Morgan fingerprint density at radius 3 is 2.50 bits per heavy atom. The summed E-state index contributed by atoms with van der Waals surface area (Å²) in [5.74, 6) is -1.06. The average molecular weight is 340 g/mol. The molecule has 2 rings (SSSR count). The molecule has 0 bridgehead atoms. The molecule has 0 unspecified atom stereocenters. The highest BCUT2D eigenvalue weighted by Gasteiger charge is 2.37. The number of carboxylic acid groups (broad SMARTS) is 1. The summed E-state index contributed by atoms with van der Waals surface area (Å²) in [4.78, 5) is 23.4. The molecule has 4 nitrogen and oxygen atoms in total. The van der Waals surface area contributed by atoms with Crippen LogP contribution in [0.4, 0.5) is 0 Å². The highest BCUT2D eigenvalue weighted by Crippen LogP contribution is 2.33. The molecule has 0 aromatic heterocycles. The van der Waals surface area contributed by atoms with Gasteiger partial charge < -0.3 is 10.4 Å². The van der Waals surface area contributed by atoms with Crippen LogP contribution in [0.3, 0.4) is 0 Å². The number of hydrogen-bond acceptors (Lipinski definition) is 2. The minimum atomic E-state index is -0.863. The van der Waals surface area contributed by atoms with Crippen molar-refractivity contribution < 1.29 is 14.7 Å². The quantitative estimate of drug-likeness (QED) is 0.884. The van der Waals surface area contributed by atoms with Crippen LogP contribution < -0.4 is 5.32 Å². The first kappa shape index (κ1) is 15.0. The van der Waals surface area contributed by atoms with Gasteiger partial charge >= 0.3 is 5.97 Å². The minimum absolute atomic E-state index is 0.00821. The molecule has 20 heavy (non-hydrogen) atoms. The van der Waals surface area contributed by atoms with Crippen molar-refractivity contribution in [3.63, 3.8) is 0 Å². The van der Waals surface area contributed by atoms with Crippen LogP contribution in [0, 0.1) is 6.92 Å². The van der Waals surface area contributed by atoms with Crippen LogP contribution in [-0.4, -0.2) is 22.5 Å². The number of hydrogen-bond donors (Lipinski definition) is 2. The lowest BCUT2D eigenvalue weighted by Crippen LogP contribution is -2.47. The van der Waals surface area contributed by atoms with E-state index >= 15 is 0 Å². The zero-order valence-electron chi connectivity index (χ0n) is 11.4. The lowest BCUT2D eigenvalue weighted by Gasteiger charge is -2.28. The third kappa shape index (κ3) is 3.60. The first-order chi connectivity index (χ1) is 9.40. The van der Waals surface area contributed by atoms with Gasteiger partial charge in [-0.15, -0.1) is 0 Å². The maximum Gasteiger partial charge on any atom is 0.305 e. The average Bonchev–Trinajstić information content (AvgIpc) is 2.74. The normalized spacial score (nSPS) is 16.9. The molecule has 1 aliphatic carbocycles. The van der Waals surface area contributed by atoms with E-state index in [1.165, 1.54) is 0 Å². The summed E-state index contributed by atoms with van der Waals surface area (Å²) >= 11 is 3.37. The van der Waals surface area contributed by atoms with Gasteiger partial charge in [0.1, 0.15) is 0 Å². The summed E-state index contributed by atoms with van der Waals surface area (Å²) in [5, 5.41) is 12.0. The lowest BCUT2D eigenvalue weighted by molar-refractivity contribution is -0.138. The standard InChI is InChI=1S/C15H18BrNO3/c1-10-6-11(8-12(16)7-10)14(20)17-15(9-13(18)19)4-2-3-5-15/h6-8H,2-5,9H2,1H3,(H,17,20)(H,18,19). The number of carboxylic acids is 1. The summed E-state index contributed by atoms with van der Waals surface area (Å²) in [5.41, 5.74) is 0.968. The summed E-state index contributed by atoms with van der Waals surface area (Å²) in [6.45, 7) is 1.92. The number of benzene rings is 1. The molecule has 0 atom stereocenters. The lowest BCUT2D eigenvalue weighted by atomic mass is 9.92. The van der Waals surface area contributed by atoms with Gasteiger partial charge in [-0.1, -0.05) is 28.8 Å². The predicted octanol–water partition coefficient (Wildman–Crippen LogP) is 3.27. The zero-order valence-corrected chi connectivity index (χ0v) is 13.0. The van der Waals surface area contributed by atoms with Gasteiger partial charge in [-0.05, 0) is 43.5 Å². The molecule has 1 aromatic carbocycles. The highest BCUT2D eigenvalue weighted by molar-refractivity contribution is 9.10. The van der Waals surface area contributed by atoms with Crippen molar-refractivity contribution in [3.8, 4) is 0 Å². The van der Waals surface area contributed by atoms with Crippen molar-refractivity contribution in [2.45, 2.75) is 44.6 Å². The van der Waals surface area contributed by atoms with Crippen molar-refractivity contribution in [2.75, 3.05) is 0 Å². The van der Waals surface area contributed by atoms with E-state index in [4.69, 9.17) is 5.11 Å². The monoisotopic (exact) mass is 339 g/mol. The molecule has 0 aliphatic heterocycles. The number of carbonyl (C=O) groups is 2. The molecule has 0 heterocycles. The first-order valence-electron chi connectivity index (χ1n) is 6.72. The molecule has 0 radical (unpaired) electrons. The minimum Gasteiger partial charge on any atom is -0.481 e. The fraction of sp³-hybridized carbons (Fsp3) is 0.467. The molecule has 1 aliphatic rings. The highest BCUT2D eigenvalue weighted by atomic mass is 79.9. The molecule has 1 fully saturated rings. The van der Waals surface area contributed by atoms with E-state index in [0.29, 0.717) is 5.56 Å². The van der Waals surface area contributed by atoms with E-state index in [0.717, 1.165) is 35.7 Å². The number of aliphatic carboxylic acids is 1. The number of halogens is 1. The van der Waals surface area contributed by atoms with Crippen molar-refractivity contribution in [1.82, 2.24) is 5.32 Å². The van der Waals surface area contributed by atoms with Gasteiger partial charge in [0.2, 0.25) is 0 Å². The number of amides is 1. The number of aryl methyl sites for hydroxylation is 1. The fourth-order valence-electron chi connectivity index (χ4n) is 2.87. The van der Waals surface area contributed by atoms with Crippen LogP contribution >= 0.6 is 15.9 Å². The van der Waals surface area contributed by atoms with Gasteiger partial charge in [0.25, 0.3) is 5.91 Å². The van der Waals surface area contributed by atoms with Crippen molar-refractivity contribution in [1.29, 1.82) is 0 Å². The summed E-state index contributed by atoms with van der Waals surface area (Å²) < 4.78 is 0.848. The fourth-order valence-corrected chi connectivity index (χ4v) is 3.48. The molecular weight excluding hydrogens is 322 g/mol. The van der Waals surface area contributed by atoms with Gasteiger partial charge in [0.05, 0.1) is 12.0 Å². The molecule has 5 heteroatoms. The summed E-state index contributed by atoms with van der Waals surface area (Å²) in [6.07, 6.45) is 3.39.